The van der Waals surface area contributed by atoms with Gasteiger partial charge >= 0.3 is 0 Å². The molecule has 0 N–H and O–H groups in total. The van der Waals surface area contributed by atoms with Crippen LogP contribution in [0, 0.1) is 0 Å². The van der Waals surface area contributed by atoms with Crippen molar-refractivity contribution in [3.63, 3.8) is 0 Å². The minimum atomic E-state index is 0.0369. The van der Waals surface area contributed by atoms with E-state index in [0.29, 0.717) is 13.0 Å². The summed E-state index contributed by atoms with van der Waals surface area (Å²) in [5.74, 6) is 0.0369. The van der Waals surface area contributed by atoms with Gasteiger partial charge in [-0.05, 0) is 24.1 Å². The first-order valence-corrected chi connectivity index (χ1v) is 5.73. The maximum Gasteiger partial charge on any atom is 0.250 e. The van der Waals surface area contributed by atoms with E-state index in [9.17, 15) is 4.79 Å². The number of nitrogens with zero attached hydrogens (tertiary/aromatic N) is 1. The molecule has 80 valence electrons. The van der Waals surface area contributed by atoms with Crippen LogP contribution in [0.25, 0.3) is 0 Å². The molecular weight excluding hydrogens is 258 g/mol. The number of amides is 1. The van der Waals surface area contributed by atoms with Gasteiger partial charge in [0.25, 0.3) is 5.91 Å². The number of hydrogen-bond donors (Lipinski definition) is 0. The van der Waals surface area contributed by atoms with Gasteiger partial charge in [0.1, 0.15) is 0 Å². The van der Waals surface area contributed by atoms with E-state index in [-0.39, 0.29) is 5.91 Å². The summed E-state index contributed by atoms with van der Waals surface area (Å²) in [6.07, 6.45) is 1.35. The summed E-state index contributed by atoms with van der Waals surface area (Å²) >= 11 is 3.36. The summed E-state index contributed by atoms with van der Waals surface area (Å²) in [6, 6.07) is 7.76. The van der Waals surface area contributed by atoms with Crippen molar-refractivity contribution in [1.82, 2.24) is 5.06 Å². The lowest BCUT2D eigenvalue weighted by atomic mass is 10.1. The van der Waals surface area contributed by atoms with Gasteiger partial charge in [0, 0.05) is 4.47 Å². The molecule has 0 unspecified atom stereocenters. The van der Waals surface area contributed by atoms with Crippen LogP contribution in [0.3, 0.4) is 0 Å². The van der Waals surface area contributed by atoms with Gasteiger partial charge in [-0.1, -0.05) is 28.1 Å². The van der Waals surface area contributed by atoms with Crippen molar-refractivity contribution in [3.05, 3.63) is 34.3 Å². The number of rotatable bonds is 2. The molecule has 1 amide bonds. The van der Waals surface area contributed by atoms with Crippen LogP contribution in [0.15, 0.2) is 28.7 Å². The molecule has 1 aliphatic rings. The molecule has 4 heteroatoms. The topological polar surface area (TPSA) is 29.5 Å². The minimum Gasteiger partial charge on any atom is -0.272 e. The van der Waals surface area contributed by atoms with E-state index in [2.05, 4.69) is 15.9 Å². The summed E-state index contributed by atoms with van der Waals surface area (Å²) in [6.45, 7) is 1.38. The van der Waals surface area contributed by atoms with Gasteiger partial charge in [0.2, 0.25) is 0 Å². The highest BCUT2D eigenvalue weighted by Gasteiger charge is 2.18. The van der Waals surface area contributed by atoms with Gasteiger partial charge in [0.05, 0.1) is 19.6 Å². The fourth-order valence-corrected chi connectivity index (χ4v) is 1.77. The molecule has 15 heavy (non-hydrogen) atoms. The second-order valence-corrected chi connectivity index (χ2v) is 4.40. The van der Waals surface area contributed by atoms with Crippen molar-refractivity contribution >= 4 is 21.8 Å². The number of benzene rings is 1. The molecule has 0 atom stereocenters. The van der Waals surface area contributed by atoms with Crippen LogP contribution in [-0.4, -0.2) is 24.1 Å². The second-order valence-electron chi connectivity index (χ2n) is 3.49. The third-order valence-corrected chi connectivity index (χ3v) is 2.83. The minimum absolute atomic E-state index is 0.0369. The van der Waals surface area contributed by atoms with Crippen molar-refractivity contribution in [2.45, 2.75) is 12.8 Å². The highest BCUT2D eigenvalue weighted by Crippen LogP contribution is 2.13. The van der Waals surface area contributed by atoms with Crippen LogP contribution in [0.5, 0.6) is 0 Å². The second kappa shape index (κ2) is 4.77. The lowest BCUT2D eigenvalue weighted by Gasteiger charge is -2.13. The number of hydroxylamine groups is 2. The average Bonchev–Trinajstić information content (AvgIpc) is 2.74. The number of halogens is 1. The largest absolute Gasteiger partial charge is 0.272 e. The molecule has 1 fully saturated rings. The Morgan fingerprint density at radius 1 is 1.40 bits per heavy atom. The third kappa shape index (κ3) is 2.79. The first kappa shape index (κ1) is 10.6. The van der Waals surface area contributed by atoms with Gasteiger partial charge in [-0.2, -0.15) is 0 Å². The molecule has 0 aromatic heterocycles. The summed E-state index contributed by atoms with van der Waals surface area (Å²) in [5, 5.41) is 1.46. The Labute approximate surface area is 97.1 Å². The van der Waals surface area contributed by atoms with Gasteiger partial charge in [-0.15, -0.1) is 0 Å². The predicted octanol–water partition coefficient (Wildman–Crippen LogP) is 2.16. The van der Waals surface area contributed by atoms with Crippen molar-refractivity contribution in [1.29, 1.82) is 0 Å². The fraction of sp³-hybridized carbons (Fsp3) is 0.364. The molecule has 2 rings (SSSR count). The van der Waals surface area contributed by atoms with E-state index in [1.807, 2.05) is 24.3 Å². The molecule has 0 spiro atoms. The predicted molar refractivity (Wildman–Crippen MR) is 60.1 cm³/mol. The van der Waals surface area contributed by atoms with Gasteiger partial charge in [0.15, 0.2) is 0 Å². The molecule has 3 nitrogen and oxygen atoms in total. The van der Waals surface area contributed by atoms with Crippen LogP contribution in [0.4, 0.5) is 0 Å². The molecule has 1 aliphatic heterocycles. The Hall–Kier alpha value is -0.870. The first-order chi connectivity index (χ1) is 7.25. The smallest absolute Gasteiger partial charge is 0.250 e. The molecule has 1 aromatic rings. The van der Waals surface area contributed by atoms with Crippen molar-refractivity contribution in [2.24, 2.45) is 0 Å². The van der Waals surface area contributed by atoms with Gasteiger partial charge < -0.3 is 0 Å². The van der Waals surface area contributed by atoms with E-state index in [1.54, 1.807) is 0 Å². The summed E-state index contributed by atoms with van der Waals surface area (Å²) in [5.41, 5.74) is 1.01. The standard InChI is InChI=1S/C11H12BrNO2/c12-10-4-2-9(3-5-10)8-11(14)13-6-1-7-15-13/h2-5H,1,6-8H2. The van der Waals surface area contributed by atoms with E-state index in [4.69, 9.17) is 4.84 Å². The van der Waals surface area contributed by atoms with Gasteiger partial charge in [-0.25, -0.2) is 5.06 Å². The first-order valence-electron chi connectivity index (χ1n) is 4.93. The quantitative estimate of drug-likeness (QED) is 0.824. The zero-order valence-electron chi connectivity index (χ0n) is 8.28. The van der Waals surface area contributed by atoms with Crippen molar-refractivity contribution in [2.75, 3.05) is 13.2 Å². The number of hydrogen-bond acceptors (Lipinski definition) is 2. The van der Waals surface area contributed by atoms with Crippen LogP contribution in [0.2, 0.25) is 0 Å². The molecule has 1 aromatic carbocycles. The monoisotopic (exact) mass is 269 g/mol. The van der Waals surface area contributed by atoms with Crippen LogP contribution in [0.1, 0.15) is 12.0 Å². The lowest BCUT2D eigenvalue weighted by Crippen LogP contribution is -2.27. The number of carbonyl (C=O) groups excluding carboxylic acids is 1. The maximum atomic E-state index is 11.7. The third-order valence-electron chi connectivity index (χ3n) is 2.30. The Balaban J connectivity index is 1.96. The molecule has 0 bridgehead atoms. The zero-order valence-corrected chi connectivity index (χ0v) is 9.87. The molecule has 0 saturated carbocycles. The zero-order chi connectivity index (χ0) is 10.7. The average molecular weight is 270 g/mol. The fourth-order valence-electron chi connectivity index (χ4n) is 1.51. The Morgan fingerprint density at radius 3 is 2.73 bits per heavy atom. The Kier molecular flexibility index (Phi) is 3.38. The summed E-state index contributed by atoms with van der Waals surface area (Å²) in [4.78, 5) is 16.9. The Morgan fingerprint density at radius 2 is 2.13 bits per heavy atom. The van der Waals surface area contributed by atoms with Crippen LogP contribution >= 0.6 is 15.9 Å². The normalized spacial score (nSPS) is 15.7. The van der Waals surface area contributed by atoms with Crippen LogP contribution in [-0.2, 0) is 16.1 Å². The number of carbonyl (C=O) groups is 1. The molecule has 1 heterocycles. The van der Waals surface area contributed by atoms with Crippen molar-refractivity contribution in [3.8, 4) is 0 Å². The van der Waals surface area contributed by atoms with Crippen molar-refractivity contribution < 1.29 is 9.63 Å². The summed E-state index contributed by atoms with van der Waals surface area (Å²) < 4.78 is 1.02. The SMILES string of the molecule is O=C(Cc1ccc(Br)cc1)N1CCCO1. The summed E-state index contributed by atoms with van der Waals surface area (Å²) in [7, 11) is 0. The van der Waals surface area contributed by atoms with E-state index in [1.165, 1.54) is 5.06 Å². The maximum absolute atomic E-state index is 11.7. The van der Waals surface area contributed by atoms with E-state index < -0.39 is 0 Å². The van der Waals surface area contributed by atoms with E-state index >= 15 is 0 Å². The molecular formula is C11H12BrNO2. The van der Waals surface area contributed by atoms with Crippen LogP contribution < -0.4 is 0 Å². The Bertz CT molecular complexity index is 344. The lowest BCUT2D eigenvalue weighted by molar-refractivity contribution is -0.167. The molecule has 0 radical (unpaired) electrons. The molecule has 1 saturated heterocycles. The van der Waals surface area contributed by atoms with Gasteiger partial charge in [-0.3, -0.25) is 9.63 Å². The highest BCUT2D eigenvalue weighted by molar-refractivity contribution is 9.10. The van der Waals surface area contributed by atoms with E-state index in [0.717, 1.165) is 23.0 Å². The molecule has 0 aliphatic carbocycles. The highest BCUT2D eigenvalue weighted by atomic mass is 79.9.